The Bertz CT molecular complexity index is 374. The molecule has 1 heterocycles. The summed E-state index contributed by atoms with van der Waals surface area (Å²) < 4.78 is 0. The van der Waals surface area contributed by atoms with Crippen LogP contribution in [0.25, 0.3) is 0 Å². The zero-order valence-electron chi connectivity index (χ0n) is 9.88. The van der Waals surface area contributed by atoms with Gasteiger partial charge in [-0.2, -0.15) is 5.06 Å². The summed E-state index contributed by atoms with van der Waals surface area (Å²) in [5, 5.41) is 1.79. The first-order valence-electron chi connectivity index (χ1n) is 5.55. The Morgan fingerprint density at radius 3 is 2.50 bits per heavy atom. The summed E-state index contributed by atoms with van der Waals surface area (Å²) in [7, 11) is 1.88. The van der Waals surface area contributed by atoms with E-state index in [9.17, 15) is 4.79 Å². The maximum absolute atomic E-state index is 11.1. The van der Waals surface area contributed by atoms with Crippen molar-refractivity contribution >= 4 is 6.29 Å². The number of hydrogen-bond donors (Lipinski definition) is 0. The molecule has 0 radical (unpaired) electrons. The van der Waals surface area contributed by atoms with Crippen LogP contribution in [0.2, 0.25) is 0 Å². The van der Waals surface area contributed by atoms with Crippen molar-refractivity contribution in [1.29, 1.82) is 0 Å². The third kappa shape index (κ3) is 1.88. The van der Waals surface area contributed by atoms with Gasteiger partial charge in [-0.3, -0.25) is 4.84 Å². The van der Waals surface area contributed by atoms with E-state index in [2.05, 4.69) is 31.2 Å². The number of aldehydes is 1. The first kappa shape index (κ1) is 11.3. The number of rotatable bonds is 2. The van der Waals surface area contributed by atoms with Gasteiger partial charge in [-0.1, -0.05) is 29.8 Å². The van der Waals surface area contributed by atoms with Gasteiger partial charge >= 0.3 is 0 Å². The summed E-state index contributed by atoms with van der Waals surface area (Å²) >= 11 is 0. The van der Waals surface area contributed by atoms with Crippen LogP contribution in [-0.2, 0) is 9.63 Å². The highest BCUT2D eigenvalue weighted by Gasteiger charge is 2.39. The quantitative estimate of drug-likeness (QED) is 0.713. The van der Waals surface area contributed by atoms with Gasteiger partial charge in [-0.05, 0) is 19.4 Å². The molecular weight excluding hydrogens is 202 g/mol. The van der Waals surface area contributed by atoms with Crippen molar-refractivity contribution in [2.45, 2.75) is 26.0 Å². The fourth-order valence-electron chi connectivity index (χ4n) is 2.28. The van der Waals surface area contributed by atoms with Crippen molar-refractivity contribution in [2.75, 3.05) is 7.05 Å². The first-order chi connectivity index (χ1) is 7.63. The van der Waals surface area contributed by atoms with E-state index in [1.165, 1.54) is 5.56 Å². The van der Waals surface area contributed by atoms with Gasteiger partial charge in [-0.25, -0.2) is 0 Å². The number of nitrogens with zero attached hydrogens (tertiary/aromatic N) is 1. The molecule has 1 aliphatic heterocycles. The molecule has 3 heteroatoms. The monoisotopic (exact) mass is 219 g/mol. The first-order valence-corrected chi connectivity index (χ1v) is 5.55. The van der Waals surface area contributed by atoms with E-state index >= 15 is 0 Å². The van der Waals surface area contributed by atoms with Crippen LogP contribution in [0.3, 0.4) is 0 Å². The molecular formula is C13H17NO2. The number of carbonyl (C=O) groups excluding carboxylic acids is 1. The van der Waals surface area contributed by atoms with Crippen LogP contribution >= 0.6 is 0 Å². The van der Waals surface area contributed by atoms with E-state index in [1.54, 1.807) is 5.06 Å². The maximum atomic E-state index is 11.1. The number of hydrogen-bond acceptors (Lipinski definition) is 3. The minimum atomic E-state index is -0.0901. The van der Waals surface area contributed by atoms with Crippen molar-refractivity contribution in [3.05, 3.63) is 35.4 Å². The van der Waals surface area contributed by atoms with Crippen molar-refractivity contribution in [2.24, 2.45) is 5.92 Å². The molecule has 1 aromatic carbocycles. The average Bonchev–Trinajstić information content (AvgIpc) is 2.54. The Hall–Kier alpha value is -1.19. The molecule has 3 nitrogen and oxygen atoms in total. The average molecular weight is 219 g/mol. The van der Waals surface area contributed by atoms with E-state index in [0.717, 1.165) is 11.8 Å². The lowest BCUT2D eigenvalue weighted by molar-refractivity contribution is -0.139. The Labute approximate surface area is 96.0 Å². The Balaban J connectivity index is 2.31. The lowest BCUT2D eigenvalue weighted by Gasteiger charge is -2.20. The second kappa shape index (κ2) is 4.36. The minimum absolute atomic E-state index is 0.0353. The lowest BCUT2D eigenvalue weighted by Crippen LogP contribution is -2.21. The molecule has 0 aromatic heterocycles. The van der Waals surface area contributed by atoms with E-state index in [-0.39, 0.29) is 18.1 Å². The topological polar surface area (TPSA) is 29.5 Å². The van der Waals surface area contributed by atoms with Crippen molar-refractivity contribution < 1.29 is 9.63 Å². The smallest absolute Gasteiger partial charge is 0.127 e. The van der Waals surface area contributed by atoms with Crippen molar-refractivity contribution in [3.63, 3.8) is 0 Å². The van der Waals surface area contributed by atoms with Gasteiger partial charge in [0.25, 0.3) is 0 Å². The number of carbonyl (C=O) groups is 1. The molecule has 0 unspecified atom stereocenters. The second-order valence-electron chi connectivity index (χ2n) is 4.43. The minimum Gasteiger partial charge on any atom is -0.303 e. The molecule has 0 N–H and O–H groups in total. The molecule has 16 heavy (non-hydrogen) atoms. The van der Waals surface area contributed by atoms with E-state index in [4.69, 9.17) is 4.84 Å². The second-order valence-corrected chi connectivity index (χ2v) is 4.43. The third-order valence-corrected chi connectivity index (χ3v) is 3.21. The van der Waals surface area contributed by atoms with E-state index in [1.807, 2.05) is 14.0 Å². The summed E-state index contributed by atoms with van der Waals surface area (Å²) in [6, 6.07) is 8.29. The molecule has 3 atom stereocenters. The Morgan fingerprint density at radius 1 is 1.31 bits per heavy atom. The Kier molecular flexibility index (Phi) is 3.08. The SMILES string of the molecule is Cc1ccc([C@H]2[C@@H](C=O)[C@H](C)ON2C)cc1. The van der Waals surface area contributed by atoms with Gasteiger partial charge in [0.05, 0.1) is 18.1 Å². The van der Waals surface area contributed by atoms with Crippen LogP contribution in [0.1, 0.15) is 24.1 Å². The predicted octanol–water partition coefficient (Wildman–Crippen LogP) is 2.12. The van der Waals surface area contributed by atoms with Gasteiger partial charge in [0.2, 0.25) is 0 Å². The van der Waals surface area contributed by atoms with E-state index < -0.39 is 0 Å². The van der Waals surface area contributed by atoms with Gasteiger partial charge in [0, 0.05) is 7.05 Å². The lowest BCUT2D eigenvalue weighted by atomic mass is 9.91. The fraction of sp³-hybridized carbons (Fsp3) is 0.462. The predicted molar refractivity (Wildman–Crippen MR) is 61.8 cm³/mol. The molecule has 0 saturated carbocycles. The summed E-state index contributed by atoms with van der Waals surface area (Å²) in [5.41, 5.74) is 2.36. The van der Waals surface area contributed by atoms with Crippen LogP contribution in [-0.4, -0.2) is 24.5 Å². The standard InChI is InChI=1S/C13H17NO2/c1-9-4-6-11(7-5-9)13-12(8-15)10(2)16-14(13)3/h4-8,10,12-13H,1-3H3/t10-,12-,13-/m0/s1. The zero-order valence-corrected chi connectivity index (χ0v) is 9.88. The number of aryl methyl sites for hydroxylation is 1. The highest BCUT2D eigenvalue weighted by molar-refractivity contribution is 5.57. The molecule has 1 aromatic rings. The van der Waals surface area contributed by atoms with Gasteiger partial charge in [0.1, 0.15) is 6.29 Å². The molecule has 1 fully saturated rings. The van der Waals surface area contributed by atoms with Crippen molar-refractivity contribution in [3.8, 4) is 0 Å². The van der Waals surface area contributed by atoms with Crippen molar-refractivity contribution in [1.82, 2.24) is 5.06 Å². The third-order valence-electron chi connectivity index (χ3n) is 3.21. The summed E-state index contributed by atoms with van der Waals surface area (Å²) in [6.07, 6.45) is 0.951. The summed E-state index contributed by atoms with van der Waals surface area (Å²) in [6.45, 7) is 3.99. The van der Waals surface area contributed by atoms with Crippen LogP contribution in [0.4, 0.5) is 0 Å². The highest BCUT2D eigenvalue weighted by Crippen LogP contribution is 2.36. The zero-order chi connectivity index (χ0) is 11.7. The molecule has 2 rings (SSSR count). The highest BCUT2D eigenvalue weighted by atomic mass is 16.7. The largest absolute Gasteiger partial charge is 0.303 e. The van der Waals surface area contributed by atoms with Gasteiger partial charge in [-0.15, -0.1) is 0 Å². The molecule has 1 aliphatic rings. The molecule has 0 aliphatic carbocycles. The normalized spacial score (nSPS) is 30.6. The maximum Gasteiger partial charge on any atom is 0.127 e. The van der Waals surface area contributed by atoms with Crippen LogP contribution in [0, 0.1) is 12.8 Å². The van der Waals surface area contributed by atoms with Crippen LogP contribution < -0.4 is 0 Å². The number of hydroxylamine groups is 2. The number of benzene rings is 1. The van der Waals surface area contributed by atoms with Crippen LogP contribution in [0.15, 0.2) is 24.3 Å². The summed E-state index contributed by atoms with van der Waals surface area (Å²) in [4.78, 5) is 16.7. The summed E-state index contributed by atoms with van der Waals surface area (Å²) in [5.74, 6) is -0.0901. The molecule has 86 valence electrons. The molecule has 1 saturated heterocycles. The van der Waals surface area contributed by atoms with Gasteiger partial charge < -0.3 is 4.79 Å². The molecule has 0 bridgehead atoms. The molecule has 0 amide bonds. The van der Waals surface area contributed by atoms with Crippen LogP contribution in [0.5, 0.6) is 0 Å². The Morgan fingerprint density at radius 2 is 1.94 bits per heavy atom. The fourth-order valence-corrected chi connectivity index (χ4v) is 2.28. The van der Waals surface area contributed by atoms with Gasteiger partial charge in [0.15, 0.2) is 0 Å². The van der Waals surface area contributed by atoms with E-state index in [0.29, 0.717) is 0 Å². The molecule has 0 spiro atoms.